The van der Waals surface area contributed by atoms with Gasteiger partial charge in [0.15, 0.2) is 5.76 Å². The van der Waals surface area contributed by atoms with Gasteiger partial charge in [-0.15, -0.1) is 0 Å². The molecule has 1 aliphatic carbocycles. The van der Waals surface area contributed by atoms with Gasteiger partial charge in [0.05, 0.1) is 5.92 Å². The first-order valence-corrected chi connectivity index (χ1v) is 8.95. The number of likely N-dealkylation sites (tertiary alicyclic amines) is 1. The Hall–Kier alpha value is -1.82. The number of carbonyl (C=O) groups excluding carboxylic acids is 1. The van der Waals surface area contributed by atoms with Gasteiger partial charge in [-0.2, -0.15) is 0 Å². The summed E-state index contributed by atoms with van der Waals surface area (Å²) in [7, 11) is 0. The van der Waals surface area contributed by atoms with Crippen LogP contribution in [0.2, 0.25) is 0 Å². The number of halogens is 1. The molecule has 24 heavy (non-hydrogen) atoms. The Morgan fingerprint density at radius 2 is 2.04 bits per heavy atom. The molecule has 1 aromatic carbocycles. The fraction of sp³-hybridized carbons (Fsp3) is 0.444. The lowest BCUT2D eigenvalue weighted by Crippen LogP contribution is -2.30. The van der Waals surface area contributed by atoms with Crippen LogP contribution in [-0.2, 0) is 4.79 Å². The zero-order valence-electron chi connectivity index (χ0n) is 13.3. The van der Waals surface area contributed by atoms with Gasteiger partial charge >= 0.3 is 5.97 Å². The average molecular weight is 392 g/mol. The van der Waals surface area contributed by atoms with Gasteiger partial charge in [-0.3, -0.25) is 9.59 Å². The van der Waals surface area contributed by atoms with Crippen LogP contribution in [0.25, 0.3) is 11.0 Å². The maximum absolute atomic E-state index is 12.9. The molecule has 1 saturated heterocycles. The maximum atomic E-state index is 12.9. The molecule has 1 amide bonds. The largest absolute Gasteiger partial charge is 0.481 e. The second-order valence-electron chi connectivity index (χ2n) is 6.85. The number of hydrogen-bond donors (Lipinski definition) is 1. The van der Waals surface area contributed by atoms with Crippen molar-refractivity contribution in [1.29, 1.82) is 0 Å². The molecule has 1 aromatic heterocycles. The molecule has 2 aliphatic rings. The summed E-state index contributed by atoms with van der Waals surface area (Å²) in [5, 5.41) is 10.4. The van der Waals surface area contributed by atoms with E-state index >= 15 is 0 Å². The number of carboxylic acid groups (broad SMARTS) is 1. The van der Waals surface area contributed by atoms with Crippen molar-refractivity contribution in [1.82, 2.24) is 4.90 Å². The standard InChI is InChI=1S/C18H18BrNO4/c1-9-12-6-11(19)4-5-15(12)24-16(9)17(21)20-7-13(10-2-3-10)14(8-20)18(22)23/h4-6,10,13-14H,2-3,7-8H2,1H3,(H,22,23)/t13-,14+/m1/s1. The van der Waals surface area contributed by atoms with Crippen molar-refractivity contribution in [2.75, 3.05) is 13.1 Å². The van der Waals surface area contributed by atoms with Gasteiger partial charge < -0.3 is 14.4 Å². The average Bonchev–Trinajstić information content (AvgIpc) is 3.21. The van der Waals surface area contributed by atoms with Crippen molar-refractivity contribution in [3.63, 3.8) is 0 Å². The summed E-state index contributed by atoms with van der Waals surface area (Å²) in [4.78, 5) is 26.1. The summed E-state index contributed by atoms with van der Waals surface area (Å²) in [6.07, 6.45) is 2.16. The number of hydrogen-bond acceptors (Lipinski definition) is 3. The fourth-order valence-corrected chi connectivity index (χ4v) is 4.16. The Labute approximate surface area is 147 Å². The van der Waals surface area contributed by atoms with E-state index in [1.54, 1.807) is 4.90 Å². The molecule has 0 unspecified atom stereocenters. The number of furan rings is 1. The molecule has 126 valence electrons. The first-order valence-electron chi connectivity index (χ1n) is 8.16. The lowest BCUT2D eigenvalue weighted by molar-refractivity contribution is -0.142. The summed E-state index contributed by atoms with van der Waals surface area (Å²) < 4.78 is 6.71. The molecule has 0 spiro atoms. The minimum atomic E-state index is -0.799. The van der Waals surface area contributed by atoms with E-state index in [2.05, 4.69) is 15.9 Å². The third-order valence-electron chi connectivity index (χ3n) is 5.29. The summed E-state index contributed by atoms with van der Waals surface area (Å²) in [6.45, 7) is 2.66. The number of carboxylic acids is 1. The molecule has 6 heteroatoms. The Balaban J connectivity index is 1.64. The normalized spacial score (nSPS) is 23.8. The zero-order chi connectivity index (χ0) is 17.0. The van der Waals surface area contributed by atoms with Crippen molar-refractivity contribution in [3.8, 4) is 0 Å². The van der Waals surface area contributed by atoms with Crippen LogP contribution in [0.3, 0.4) is 0 Å². The van der Waals surface area contributed by atoms with E-state index < -0.39 is 11.9 Å². The van der Waals surface area contributed by atoms with Gasteiger partial charge in [-0.1, -0.05) is 15.9 Å². The second kappa shape index (κ2) is 5.62. The molecule has 1 N–H and O–H groups in total. The van der Waals surface area contributed by atoms with Crippen molar-refractivity contribution in [2.24, 2.45) is 17.8 Å². The van der Waals surface area contributed by atoms with E-state index in [1.165, 1.54) is 0 Å². The van der Waals surface area contributed by atoms with Crippen LogP contribution in [0.5, 0.6) is 0 Å². The Kier molecular flexibility index (Phi) is 3.67. The predicted molar refractivity (Wildman–Crippen MR) is 91.9 cm³/mol. The number of carbonyl (C=O) groups is 2. The first kappa shape index (κ1) is 15.7. The van der Waals surface area contributed by atoms with Gasteiger partial charge in [-0.05, 0) is 49.8 Å². The molecule has 2 atom stereocenters. The highest BCUT2D eigenvalue weighted by molar-refractivity contribution is 9.10. The molecule has 4 rings (SSSR count). The van der Waals surface area contributed by atoms with Crippen molar-refractivity contribution in [3.05, 3.63) is 34.0 Å². The van der Waals surface area contributed by atoms with Crippen molar-refractivity contribution in [2.45, 2.75) is 19.8 Å². The minimum Gasteiger partial charge on any atom is -0.481 e. The minimum absolute atomic E-state index is 0.0743. The molecule has 1 saturated carbocycles. The number of benzene rings is 1. The quantitative estimate of drug-likeness (QED) is 0.865. The molecule has 5 nitrogen and oxygen atoms in total. The van der Waals surface area contributed by atoms with Crippen molar-refractivity contribution < 1.29 is 19.1 Å². The summed E-state index contributed by atoms with van der Waals surface area (Å²) in [6, 6.07) is 5.64. The van der Waals surface area contributed by atoms with Crippen LogP contribution in [0.15, 0.2) is 27.1 Å². The second-order valence-corrected chi connectivity index (χ2v) is 7.77. The van der Waals surface area contributed by atoms with Crippen LogP contribution in [-0.4, -0.2) is 35.0 Å². The van der Waals surface area contributed by atoms with E-state index in [0.717, 1.165) is 28.3 Å². The summed E-state index contributed by atoms with van der Waals surface area (Å²) in [5.41, 5.74) is 1.48. The Bertz CT molecular complexity index is 839. The highest BCUT2D eigenvalue weighted by Gasteiger charge is 2.47. The molecule has 1 aliphatic heterocycles. The molecule has 0 bridgehead atoms. The highest BCUT2D eigenvalue weighted by Crippen LogP contribution is 2.44. The lowest BCUT2D eigenvalue weighted by Gasteiger charge is -2.15. The van der Waals surface area contributed by atoms with Crippen molar-refractivity contribution >= 4 is 38.8 Å². The van der Waals surface area contributed by atoms with E-state index in [4.69, 9.17) is 4.42 Å². The molecule has 2 fully saturated rings. The molecule has 2 aromatic rings. The summed E-state index contributed by atoms with van der Waals surface area (Å²) in [5.74, 6) is -0.604. The van der Waals surface area contributed by atoms with Crippen LogP contribution in [0, 0.1) is 24.7 Å². The molecular weight excluding hydrogens is 374 g/mol. The molecule has 2 heterocycles. The number of aliphatic carboxylic acids is 1. The number of aryl methyl sites for hydroxylation is 1. The topological polar surface area (TPSA) is 70.8 Å². The van der Waals surface area contributed by atoms with E-state index in [0.29, 0.717) is 23.8 Å². The third kappa shape index (κ3) is 2.53. The SMILES string of the molecule is Cc1c(C(=O)N2C[C@H](C(=O)O)[C@@H](C3CC3)C2)oc2ccc(Br)cc12. The lowest BCUT2D eigenvalue weighted by atomic mass is 9.92. The molecular formula is C18H18BrNO4. The number of rotatable bonds is 3. The molecule has 0 radical (unpaired) electrons. The van der Waals surface area contributed by atoms with E-state index in [9.17, 15) is 14.7 Å². The summed E-state index contributed by atoms with van der Waals surface area (Å²) >= 11 is 3.43. The Morgan fingerprint density at radius 1 is 1.29 bits per heavy atom. The highest BCUT2D eigenvalue weighted by atomic mass is 79.9. The van der Waals surface area contributed by atoms with E-state index in [-0.39, 0.29) is 18.4 Å². The van der Waals surface area contributed by atoms with Crippen LogP contribution in [0.4, 0.5) is 0 Å². The van der Waals surface area contributed by atoms with Gasteiger partial charge in [0.25, 0.3) is 5.91 Å². The van der Waals surface area contributed by atoms with Crippen LogP contribution >= 0.6 is 15.9 Å². The number of fused-ring (bicyclic) bond motifs is 1. The van der Waals surface area contributed by atoms with Gasteiger partial charge in [-0.25, -0.2) is 0 Å². The monoisotopic (exact) mass is 391 g/mol. The van der Waals surface area contributed by atoms with Crippen LogP contribution in [0.1, 0.15) is 29.0 Å². The fourth-order valence-electron chi connectivity index (χ4n) is 3.80. The van der Waals surface area contributed by atoms with Gasteiger partial charge in [0.1, 0.15) is 5.58 Å². The smallest absolute Gasteiger partial charge is 0.308 e. The van der Waals surface area contributed by atoms with Gasteiger partial charge in [0.2, 0.25) is 0 Å². The van der Waals surface area contributed by atoms with E-state index in [1.807, 2.05) is 25.1 Å². The first-order chi connectivity index (χ1) is 11.5. The predicted octanol–water partition coefficient (Wildman–Crippen LogP) is 3.69. The van der Waals surface area contributed by atoms with Gasteiger partial charge in [0, 0.05) is 28.5 Å². The third-order valence-corrected chi connectivity index (χ3v) is 5.78. The Morgan fingerprint density at radius 3 is 2.71 bits per heavy atom. The maximum Gasteiger partial charge on any atom is 0.308 e. The number of nitrogens with zero attached hydrogens (tertiary/aromatic N) is 1. The zero-order valence-corrected chi connectivity index (χ0v) is 14.9. The van der Waals surface area contributed by atoms with Crippen LogP contribution < -0.4 is 0 Å². The number of amides is 1.